The van der Waals surface area contributed by atoms with E-state index in [1.54, 1.807) is 6.07 Å². The second kappa shape index (κ2) is 8.91. The predicted octanol–water partition coefficient (Wildman–Crippen LogP) is 4.00. The van der Waals surface area contributed by atoms with E-state index in [0.29, 0.717) is 11.7 Å². The van der Waals surface area contributed by atoms with Crippen LogP contribution in [0.1, 0.15) is 64.0 Å². The minimum Gasteiger partial charge on any atom is -0.379 e. The van der Waals surface area contributed by atoms with Gasteiger partial charge in [-0.05, 0) is 70.6 Å². The molecule has 0 radical (unpaired) electrons. The summed E-state index contributed by atoms with van der Waals surface area (Å²) in [5, 5.41) is 9.20. The molecule has 2 heterocycles. The molecule has 1 saturated carbocycles. The molecule has 1 saturated heterocycles. The molecular weight excluding hydrogens is 388 g/mol. The Morgan fingerprint density at radius 1 is 1.24 bits per heavy atom. The van der Waals surface area contributed by atoms with Crippen molar-refractivity contribution in [3.05, 3.63) is 34.2 Å². The first kappa shape index (κ1) is 21.9. The molecule has 0 atom stereocenters. The van der Waals surface area contributed by atoms with E-state index < -0.39 is 0 Å². The minimum absolute atomic E-state index is 0. The van der Waals surface area contributed by atoms with Crippen molar-refractivity contribution < 1.29 is 4.74 Å². The van der Waals surface area contributed by atoms with Gasteiger partial charge in [-0.1, -0.05) is 0 Å². The summed E-state index contributed by atoms with van der Waals surface area (Å²) in [4.78, 5) is 18.2. The maximum Gasteiger partial charge on any atom is 0.326 e. The van der Waals surface area contributed by atoms with Crippen LogP contribution in [-0.2, 0) is 4.74 Å². The smallest absolute Gasteiger partial charge is 0.326 e. The number of fused-ring (bicyclic) bond motifs is 1. The SMILES string of the molecule is CCOC1CCC(C)(N2CCC(n3c(=O)[nH]c4ccc(C#N)cc43)CC2)CC1.Cl. The number of hydrogen-bond donors (Lipinski definition) is 1. The first-order chi connectivity index (χ1) is 13.5. The van der Waals surface area contributed by atoms with Gasteiger partial charge in [-0.3, -0.25) is 9.47 Å². The molecule has 0 spiro atoms. The number of likely N-dealkylation sites (tertiary alicyclic amines) is 1. The molecule has 1 aliphatic carbocycles. The topological polar surface area (TPSA) is 74.0 Å². The highest BCUT2D eigenvalue weighted by Gasteiger charge is 2.38. The van der Waals surface area contributed by atoms with Crippen LogP contribution in [0, 0.1) is 11.3 Å². The fourth-order valence-corrected chi connectivity index (χ4v) is 5.15. The number of ether oxygens (including phenoxy) is 1. The van der Waals surface area contributed by atoms with Crippen LogP contribution in [0.3, 0.4) is 0 Å². The van der Waals surface area contributed by atoms with E-state index >= 15 is 0 Å². The molecule has 1 aromatic heterocycles. The second-order valence-electron chi connectivity index (χ2n) is 8.51. The van der Waals surface area contributed by atoms with Crippen molar-refractivity contribution in [3.63, 3.8) is 0 Å². The zero-order valence-electron chi connectivity index (χ0n) is 17.3. The number of piperidine rings is 1. The Kier molecular flexibility index (Phi) is 6.72. The van der Waals surface area contributed by atoms with Crippen LogP contribution in [0.5, 0.6) is 0 Å². The molecule has 4 rings (SSSR count). The number of imidazole rings is 1. The lowest BCUT2D eigenvalue weighted by Crippen LogP contribution is -2.53. The van der Waals surface area contributed by atoms with Crippen LogP contribution in [0.2, 0.25) is 0 Å². The quantitative estimate of drug-likeness (QED) is 0.814. The highest BCUT2D eigenvalue weighted by Crippen LogP contribution is 2.38. The number of rotatable bonds is 4. The molecule has 0 amide bonds. The minimum atomic E-state index is -0.0630. The van der Waals surface area contributed by atoms with E-state index in [0.717, 1.165) is 56.4 Å². The van der Waals surface area contributed by atoms with E-state index in [-0.39, 0.29) is 29.7 Å². The Hall–Kier alpha value is -1.81. The van der Waals surface area contributed by atoms with Gasteiger partial charge in [0.2, 0.25) is 0 Å². The van der Waals surface area contributed by atoms with E-state index in [4.69, 9.17) is 4.74 Å². The Morgan fingerprint density at radius 3 is 2.55 bits per heavy atom. The van der Waals surface area contributed by atoms with Gasteiger partial charge in [0.25, 0.3) is 0 Å². The summed E-state index contributed by atoms with van der Waals surface area (Å²) in [7, 11) is 0. The molecule has 6 nitrogen and oxygen atoms in total. The zero-order chi connectivity index (χ0) is 19.7. The average molecular weight is 419 g/mol. The van der Waals surface area contributed by atoms with Crippen molar-refractivity contribution in [2.75, 3.05) is 19.7 Å². The molecule has 2 aromatic rings. The number of aromatic nitrogens is 2. The van der Waals surface area contributed by atoms with Gasteiger partial charge in [-0.25, -0.2) is 4.79 Å². The number of benzene rings is 1. The van der Waals surface area contributed by atoms with Gasteiger partial charge >= 0.3 is 5.69 Å². The zero-order valence-corrected chi connectivity index (χ0v) is 18.1. The van der Waals surface area contributed by atoms with Crippen LogP contribution in [0.4, 0.5) is 0 Å². The number of nitrogens with zero attached hydrogens (tertiary/aromatic N) is 3. The first-order valence-electron chi connectivity index (χ1n) is 10.5. The number of hydrogen-bond acceptors (Lipinski definition) is 4. The van der Waals surface area contributed by atoms with Crippen LogP contribution in [0.15, 0.2) is 23.0 Å². The Bertz CT molecular complexity index is 928. The van der Waals surface area contributed by atoms with Crippen LogP contribution in [-0.4, -0.2) is 45.8 Å². The lowest BCUT2D eigenvalue weighted by Gasteiger charge is -2.48. The summed E-state index contributed by atoms with van der Waals surface area (Å²) in [5.41, 5.74) is 2.44. The second-order valence-corrected chi connectivity index (χ2v) is 8.51. The third-order valence-corrected chi connectivity index (χ3v) is 6.85. The number of nitriles is 1. The summed E-state index contributed by atoms with van der Waals surface area (Å²) in [5.74, 6) is 0. The monoisotopic (exact) mass is 418 g/mol. The van der Waals surface area contributed by atoms with Crippen molar-refractivity contribution in [1.29, 1.82) is 5.26 Å². The van der Waals surface area contributed by atoms with Gasteiger partial charge in [-0.2, -0.15) is 5.26 Å². The van der Waals surface area contributed by atoms with Crippen molar-refractivity contribution in [2.45, 2.75) is 70.1 Å². The molecule has 0 unspecified atom stereocenters. The third kappa shape index (κ3) is 4.23. The lowest BCUT2D eigenvalue weighted by molar-refractivity contribution is -0.0273. The fraction of sp³-hybridized carbons (Fsp3) is 0.636. The van der Waals surface area contributed by atoms with Crippen molar-refractivity contribution >= 4 is 23.4 Å². The van der Waals surface area contributed by atoms with E-state index in [1.807, 2.05) is 16.7 Å². The van der Waals surface area contributed by atoms with Crippen molar-refractivity contribution in [1.82, 2.24) is 14.5 Å². The normalized spacial score (nSPS) is 26.2. The van der Waals surface area contributed by atoms with E-state index in [2.05, 4.69) is 29.8 Å². The molecule has 29 heavy (non-hydrogen) atoms. The molecular formula is C22H31ClN4O2. The number of halogens is 1. The molecule has 1 aliphatic heterocycles. The summed E-state index contributed by atoms with van der Waals surface area (Å²) in [6.45, 7) is 7.30. The highest BCUT2D eigenvalue weighted by molar-refractivity contribution is 5.85. The highest BCUT2D eigenvalue weighted by atomic mass is 35.5. The van der Waals surface area contributed by atoms with E-state index in [1.165, 1.54) is 12.8 Å². The van der Waals surface area contributed by atoms with Crippen LogP contribution >= 0.6 is 12.4 Å². The molecule has 0 bridgehead atoms. The molecule has 7 heteroatoms. The summed E-state index contributed by atoms with van der Waals surface area (Å²) in [6, 6.07) is 7.78. The van der Waals surface area contributed by atoms with Gasteiger partial charge in [-0.15, -0.1) is 12.4 Å². The summed E-state index contributed by atoms with van der Waals surface area (Å²) >= 11 is 0. The molecule has 2 aliphatic rings. The van der Waals surface area contributed by atoms with E-state index in [9.17, 15) is 10.1 Å². The van der Waals surface area contributed by atoms with Crippen molar-refractivity contribution in [2.24, 2.45) is 0 Å². The Morgan fingerprint density at radius 2 is 1.93 bits per heavy atom. The van der Waals surface area contributed by atoms with Gasteiger partial charge in [0.05, 0.1) is 28.8 Å². The van der Waals surface area contributed by atoms with Crippen LogP contribution < -0.4 is 5.69 Å². The first-order valence-corrected chi connectivity index (χ1v) is 10.5. The molecule has 1 aromatic carbocycles. The molecule has 158 valence electrons. The molecule has 1 N–H and O–H groups in total. The predicted molar refractivity (Wildman–Crippen MR) is 117 cm³/mol. The number of H-pyrrole nitrogens is 1. The number of nitrogens with one attached hydrogen (secondary N) is 1. The van der Waals surface area contributed by atoms with Gasteiger partial charge in [0, 0.05) is 31.3 Å². The summed E-state index contributed by atoms with van der Waals surface area (Å²) < 4.78 is 7.70. The van der Waals surface area contributed by atoms with Gasteiger partial charge < -0.3 is 9.72 Å². The summed E-state index contributed by atoms with van der Waals surface area (Å²) in [6.07, 6.45) is 7.01. The lowest BCUT2D eigenvalue weighted by atomic mass is 9.79. The molecule has 2 fully saturated rings. The van der Waals surface area contributed by atoms with Crippen molar-refractivity contribution in [3.8, 4) is 6.07 Å². The standard InChI is InChI=1S/C22H30N4O2.ClH/c1-3-28-18-6-10-22(2,11-7-18)25-12-8-17(9-13-25)26-20-14-16(15-23)4-5-19(20)24-21(26)27;/h4-5,14,17-18H,3,6-13H2,1-2H3,(H,24,27);1H. The number of aromatic amines is 1. The van der Waals surface area contributed by atoms with Gasteiger partial charge in [0.15, 0.2) is 0 Å². The average Bonchev–Trinajstić information content (AvgIpc) is 3.05. The Labute approximate surface area is 178 Å². The van der Waals surface area contributed by atoms with Gasteiger partial charge in [0.1, 0.15) is 0 Å². The largest absolute Gasteiger partial charge is 0.379 e. The Balaban J connectivity index is 0.00000240. The van der Waals surface area contributed by atoms with Crippen LogP contribution in [0.25, 0.3) is 11.0 Å². The fourth-order valence-electron chi connectivity index (χ4n) is 5.15. The maximum absolute atomic E-state index is 12.6. The third-order valence-electron chi connectivity index (χ3n) is 6.85. The maximum atomic E-state index is 12.6.